The van der Waals surface area contributed by atoms with Crippen molar-refractivity contribution >= 4 is 29.7 Å². The Balaban J connectivity index is 2.42. The predicted molar refractivity (Wildman–Crippen MR) is 46.1 cm³/mol. The van der Waals surface area contributed by atoms with Crippen molar-refractivity contribution in [3.63, 3.8) is 0 Å². The molecular weight excluding hydrogens is 160 g/mol. The molecule has 0 saturated carbocycles. The zero-order chi connectivity index (χ0) is 7.84. The lowest BCUT2D eigenvalue weighted by molar-refractivity contribution is -0.116. The molecule has 1 unspecified atom stereocenters. The van der Waals surface area contributed by atoms with E-state index in [0.717, 1.165) is 11.3 Å². The number of hydrogen-bond donors (Lipinski definition) is 0. The topological polar surface area (TPSA) is 41.8 Å². The van der Waals surface area contributed by atoms with E-state index in [0.29, 0.717) is 0 Å². The number of fused-ring (bicyclic) bond motifs is 1. The molecule has 56 valence electrons. The van der Waals surface area contributed by atoms with Crippen molar-refractivity contribution in [2.24, 2.45) is 9.98 Å². The molecule has 0 aliphatic carbocycles. The molecule has 0 aromatic heterocycles. The molecule has 2 aliphatic heterocycles. The van der Waals surface area contributed by atoms with Crippen LogP contribution in [0.2, 0.25) is 0 Å². The van der Waals surface area contributed by atoms with E-state index in [1.165, 1.54) is 18.1 Å². The van der Waals surface area contributed by atoms with Crippen LogP contribution in [-0.4, -0.2) is 23.2 Å². The molecule has 0 fully saturated rings. The first-order valence-corrected chi connectivity index (χ1v) is 4.20. The highest BCUT2D eigenvalue weighted by Crippen LogP contribution is 2.29. The fourth-order valence-electron chi connectivity index (χ4n) is 1.06. The van der Waals surface area contributed by atoms with Crippen LogP contribution in [0.25, 0.3) is 0 Å². The van der Waals surface area contributed by atoms with E-state index in [4.69, 9.17) is 0 Å². The molecule has 2 rings (SSSR count). The molecule has 2 heterocycles. The van der Waals surface area contributed by atoms with Gasteiger partial charge in [-0.2, -0.15) is 0 Å². The predicted octanol–water partition coefficient (Wildman–Crippen LogP) is 1.02. The van der Waals surface area contributed by atoms with Gasteiger partial charge in [0.2, 0.25) is 0 Å². The molecule has 4 heteroatoms. The molecule has 0 radical (unpaired) electrons. The van der Waals surface area contributed by atoms with Gasteiger partial charge in [-0.25, -0.2) is 9.98 Å². The minimum atomic E-state index is -0.153. The van der Waals surface area contributed by atoms with Gasteiger partial charge in [-0.1, -0.05) is 0 Å². The van der Waals surface area contributed by atoms with Crippen molar-refractivity contribution in [1.82, 2.24) is 0 Å². The maximum atomic E-state index is 11.1. The Morgan fingerprint density at radius 2 is 2.45 bits per heavy atom. The van der Waals surface area contributed by atoms with Gasteiger partial charge in [0.15, 0.2) is 0 Å². The van der Waals surface area contributed by atoms with E-state index in [1.54, 1.807) is 0 Å². The lowest BCUT2D eigenvalue weighted by Crippen LogP contribution is -2.25. The molecule has 0 bridgehead atoms. The lowest BCUT2D eigenvalue weighted by Gasteiger charge is -2.08. The van der Waals surface area contributed by atoms with Crippen LogP contribution in [0, 0.1) is 0 Å². The van der Waals surface area contributed by atoms with Crippen LogP contribution in [0.4, 0.5) is 0 Å². The van der Waals surface area contributed by atoms with E-state index in [2.05, 4.69) is 9.98 Å². The number of amides is 1. The molecule has 0 spiro atoms. The van der Waals surface area contributed by atoms with Gasteiger partial charge in [-0.15, -0.1) is 11.8 Å². The Morgan fingerprint density at radius 3 is 3.18 bits per heavy atom. The number of nitrogens with zero attached hydrogens (tertiary/aromatic N) is 2. The number of aliphatic imine (C=N–C) groups is 2. The number of rotatable bonds is 0. The Morgan fingerprint density at radius 1 is 1.64 bits per heavy atom. The largest absolute Gasteiger partial charge is 0.271 e. The van der Waals surface area contributed by atoms with Crippen LogP contribution >= 0.6 is 11.8 Å². The fraction of sp³-hybridized carbons (Fsp3) is 0.286. The zero-order valence-electron chi connectivity index (χ0n) is 5.94. The fourth-order valence-corrected chi connectivity index (χ4v) is 2.08. The number of thioether (sulfide) groups is 1. The molecule has 3 nitrogen and oxygen atoms in total. The van der Waals surface area contributed by atoms with Crippen LogP contribution in [0.3, 0.4) is 0 Å². The van der Waals surface area contributed by atoms with Crippen molar-refractivity contribution in [3.8, 4) is 0 Å². The first-order chi connectivity index (χ1) is 5.29. The first-order valence-electron chi connectivity index (χ1n) is 3.26. The van der Waals surface area contributed by atoms with Crippen LogP contribution in [0.15, 0.2) is 21.0 Å². The Kier molecular flexibility index (Phi) is 1.42. The monoisotopic (exact) mass is 166 g/mol. The van der Waals surface area contributed by atoms with E-state index in [1.807, 2.05) is 12.3 Å². The van der Waals surface area contributed by atoms with Gasteiger partial charge in [0.1, 0.15) is 11.6 Å². The van der Waals surface area contributed by atoms with Gasteiger partial charge in [0, 0.05) is 0 Å². The number of allylic oxidation sites excluding steroid dienone is 1. The Hall–Kier alpha value is -0.900. The smallest absolute Gasteiger partial charge is 0.266 e. The third-order valence-corrected chi connectivity index (χ3v) is 2.83. The summed E-state index contributed by atoms with van der Waals surface area (Å²) in [5.74, 6) is -0.0897. The van der Waals surface area contributed by atoms with E-state index in [9.17, 15) is 4.79 Å². The van der Waals surface area contributed by atoms with Crippen LogP contribution in [0.1, 0.15) is 6.92 Å². The SMILES string of the molecule is CC1=CSC2C(=O)N=CN=C12. The average molecular weight is 166 g/mol. The minimum Gasteiger partial charge on any atom is -0.271 e. The summed E-state index contributed by atoms with van der Waals surface area (Å²) >= 11 is 1.49. The summed E-state index contributed by atoms with van der Waals surface area (Å²) in [7, 11) is 0. The summed E-state index contributed by atoms with van der Waals surface area (Å²) in [4.78, 5) is 18.7. The molecule has 2 aliphatic rings. The Bertz CT molecular complexity index is 304. The number of hydrogen-bond acceptors (Lipinski definition) is 3. The van der Waals surface area contributed by atoms with Gasteiger partial charge in [0.25, 0.3) is 5.91 Å². The summed E-state index contributed by atoms with van der Waals surface area (Å²) in [6.07, 6.45) is 1.33. The lowest BCUT2D eigenvalue weighted by atomic mass is 10.1. The second kappa shape index (κ2) is 2.30. The molecule has 1 amide bonds. The van der Waals surface area contributed by atoms with E-state index < -0.39 is 0 Å². The molecule has 0 saturated heterocycles. The van der Waals surface area contributed by atoms with Gasteiger partial charge >= 0.3 is 0 Å². The number of carbonyl (C=O) groups is 1. The molecular formula is C7H6N2OS. The standard InChI is InChI=1S/C7H6N2OS/c1-4-2-11-6-5(4)8-3-9-7(6)10/h2-3,6H,1H3. The minimum absolute atomic E-state index is 0.0897. The van der Waals surface area contributed by atoms with Crippen molar-refractivity contribution in [2.45, 2.75) is 12.2 Å². The van der Waals surface area contributed by atoms with Crippen molar-refractivity contribution in [1.29, 1.82) is 0 Å². The molecule has 11 heavy (non-hydrogen) atoms. The molecule has 0 aromatic carbocycles. The normalized spacial score (nSPS) is 28.1. The molecule has 0 aromatic rings. The summed E-state index contributed by atoms with van der Waals surface area (Å²) < 4.78 is 0. The van der Waals surface area contributed by atoms with Crippen LogP contribution in [0.5, 0.6) is 0 Å². The van der Waals surface area contributed by atoms with Crippen molar-refractivity contribution in [3.05, 3.63) is 11.0 Å². The summed E-state index contributed by atoms with van der Waals surface area (Å²) in [5.41, 5.74) is 1.95. The summed E-state index contributed by atoms with van der Waals surface area (Å²) in [6.45, 7) is 1.96. The number of carbonyl (C=O) groups excluding carboxylic acids is 1. The quantitative estimate of drug-likeness (QED) is 0.539. The van der Waals surface area contributed by atoms with E-state index in [-0.39, 0.29) is 11.2 Å². The summed E-state index contributed by atoms with van der Waals surface area (Å²) in [6, 6.07) is 0. The second-order valence-corrected chi connectivity index (χ2v) is 3.39. The average Bonchev–Trinajstić information content (AvgIpc) is 2.35. The second-order valence-electron chi connectivity index (χ2n) is 2.41. The van der Waals surface area contributed by atoms with Crippen LogP contribution < -0.4 is 0 Å². The van der Waals surface area contributed by atoms with Crippen molar-refractivity contribution in [2.75, 3.05) is 0 Å². The highest BCUT2D eigenvalue weighted by Gasteiger charge is 2.31. The van der Waals surface area contributed by atoms with Gasteiger partial charge in [0.05, 0.1) is 5.71 Å². The van der Waals surface area contributed by atoms with Gasteiger partial charge < -0.3 is 0 Å². The maximum absolute atomic E-state index is 11.1. The third-order valence-electron chi connectivity index (χ3n) is 1.64. The maximum Gasteiger partial charge on any atom is 0.266 e. The highest BCUT2D eigenvalue weighted by molar-refractivity contribution is 8.04. The van der Waals surface area contributed by atoms with E-state index >= 15 is 0 Å². The molecule has 1 atom stereocenters. The molecule has 0 N–H and O–H groups in total. The Labute approximate surface area is 68.3 Å². The van der Waals surface area contributed by atoms with Crippen molar-refractivity contribution < 1.29 is 4.79 Å². The van der Waals surface area contributed by atoms with Gasteiger partial charge in [-0.05, 0) is 17.9 Å². The first kappa shape index (κ1) is 6.79. The summed E-state index contributed by atoms with van der Waals surface area (Å²) in [5, 5.41) is 1.80. The third kappa shape index (κ3) is 0.939. The highest BCUT2D eigenvalue weighted by atomic mass is 32.2. The van der Waals surface area contributed by atoms with Crippen LogP contribution in [-0.2, 0) is 4.79 Å². The van der Waals surface area contributed by atoms with Gasteiger partial charge in [-0.3, -0.25) is 4.79 Å². The zero-order valence-corrected chi connectivity index (χ0v) is 6.76.